The second-order valence-corrected chi connectivity index (χ2v) is 7.79. The molecule has 0 bridgehead atoms. The third-order valence-corrected chi connectivity index (χ3v) is 5.57. The number of hydrogen-bond donors (Lipinski definition) is 4. The molecule has 2 atom stereocenters. The first kappa shape index (κ1) is 21.6. The van der Waals surface area contributed by atoms with Crippen LogP contribution in [0.1, 0.15) is 36.0 Å². The minimum Gasteiger partial charge on any atom is -0.365 e. The molecule has 0 unspecified atom stereocenters. The van der Waals surface area contributed by atoms with Crippen LogP contribution in [0.2, 0.25) is 0 Å². The molecule has 1 saturated carbocycles. The van der Waals surface area contributed by atoms with Crippen LogP contribution in [-0.2, 0) is 0 Å². The van der Waals surface area contributed by atoms with Gasteiger partial charge < -0.3 is 22.1 Å². The predicted molar refractivity (Wildman–Crippen MR) is 119 cm³/mol. The molecule has 6 N–H and O–H groups in total. The molecule has 0 saturated heterocycles. The number of benzene rings is 1. The Morgan fingerprint density at radius 1 is 1.06 bits per heavy atom. The van der Waals surface area contributed by atoms with E-state index in [0.29, 0.717) is 5.56 Å². The average Bonchev–Trinajstić information content (AvgIpc) is 2.79. The lowest BCUT2D eigenvalue weighted by Gasteiger charge is -2.30. The Morgan fingerprint density at radius 3 is 2.53 bits per heavy atom. The van der Waals surface area contributed by atoms with Crippen molar-refractivity contribution in [1.29, 1.82) is 0 Å². The summed E-state index contributed by atoms with van der Waals surface area (Å²) in [4.78, 5) is 20.3. The van der Waals surface area contributed by atoms with Gasteiger partial charge in [0.15, 0.2) is 17.5 Å². The van der Waals surface area contributed by atoms with E-state index >= 15 is 4.39 Å². The summed E-state index contributed by atoms with van der Waals surface area (Å²) >= 11 is 0. The van der Waals surface area contributed by atoms with E-state index in [1.807, 2.05) is 6.07 Å². The topological polar surface area (TPSA) is 119 Å². The highest BCUT2D eigenvalue weighted by Crippen LogP contribution is 2.30. The van der Waals surface area contributed by atoms with Gasteiger partial charge in [-0.2, -0.15) is 0 Å². The first-order valence-electron chi connectivity index (χ1n) is 10.4. The molecule has 9 heteroatoms. The molecular formula is C23H24F2N6O. The molecule has 1 fully saturated rings. The largest absolute Gasteiger partial charge is 0.365 e. The number of carbonyl (C=O) groups is 1. The summed E-state index contributed by atoms with van der Waals surface area (Å²) in [5.74, 6) is -2.39. The monoisotopic (exact) mass is 438 g/mol. The smallest absolute Gasteiger partial charge is 0.252 e. The number of anilines is 3. The normalized spacial score (nSPS) is 18.2. The number of nitrogens with zero attached hydrogens (tertiary/aromatic N) is 2. The Kier molecular flexibility index (Phi) is 6.27. The van der Waals surface area contributed by atoms with Crippen molar-refractivity contribution in [3.8, 4) is 11.3 Å². The Bertz CT molecular complexity index is 1120. The molecule has 2 aromatic heterocycles. The first-order chi connectivity index (χ1) is 15.4. The highest BCUT2D eigenvalue weighted by molar-refractivity contribution is 5.98. The van der Waals surface area contributed by atoms with E-state index in [1.165, 1.54) is 12.3 Å². The number of carbonyl (C=O) groups excluding carboxylic acids is 1. The summed E-state index contributed by atoms with van der Waals surface area (Å²) < 4.78 is 29.9. The standard InChI is InChI=1S/C23H24F2N6O/c24-15-12-14(21(27)32)22(31-23(15)29-17-9-5-4-8-16(17)26)30-18-10-11-28-20(19(18)25)13-6-2-1-3-7-13/h1-3,6-7,10-12,16-17H,4-5,8-9,26H2,(H2,27,32)(H2,28,29,30,31)/t16-,17+/m0/s1. The van der Waals surface area contributed by atoms with E-state index in [-0.39, 0.29) is 40.7 Å². The van der Waals surface area contributed by atoms with Gasteiger partial charge >= 0.3 is 0 Å². The minimum absolute atomic E-state index is 0.0285. The summed E-state index contributed by atoms with van der Waals surface area (Å²) in [5.41, 5.74) is 12.1. The lowest BCUT2D eigenvalue weighted by atomic mass is 9.91. The fraction of sp³-hybridized carbons (Fsp3) is 0.261. The van der Waals surface area contributed by atoms with Gasteiger partial charge in [-0.1, -0.05) is 43.2 Å². The van der Waals surface area contributed by atoms with Crippen LogP contribution in [-0.4, -0.2) is 28.0 Å². The molecule has 0 radical (unpaired) electrons. The van der Waals surface area contributed by atoms with Crippen LogP contribution in [0.25, 0.3) is 11.3 Å². The maximum Gasteiger partial charge on any atom is 0.252 e. The van der Waals surface area contributed by atoms with Crippen molar-refractivity contribution in [2.45, 2.75) is 37.8 Å². The van der Waals surface area contributed by atoms with Gasteiger partial charge in [0, 0.05) is 23.8 Å². The van der Waals surface area contributed by atoms with E-state index in [1.54, 1.807) is 24.3 Å². The molecule has 1 aliphatic carbocycles. The van der Waals surface area contributed by atoms with Crippen LogP contribution in [0, 0.1) is 11.6 Å². The third kappa shape index (κ3) is 4.52. The number of aromatic nitrogens is 2. The van der Waals surface area contributed by atoms with Gasteiger partial charge in [0.25, 0.3) is 5.91 Å². The van der Waals surface area contributed by atoms with Crippen LogP contribution in [0.5, 0.6) is 0 Å². The molecule has 2 heterocycles. The lowest BCUT2D eigenvalue weighted by molar-refractivity contribution is 0.100. The summed E-state index contributed by atoms with van der Waals surface area (Å²) in [6.07, 6.45) is 5.04. The zero-order chi connectivity index (χ0) is 22.7. The average molecular weight is 438 g/mol. The number of nitrogens with two attached hydrogens (primary N) is 2. The highest BCUT2D eigenvalue weighted by atomic mass is 19.1. The molecule has 1 aromatic carbocycles. The number of primary amides is 1. The van der Waals surface area contributed by atoms with Crippen molar-refractivity contribution >= 4 is 23.2 Å². The van der Waals surface area contributed by atoms with Gasteiger partial charge in [-0.15, -0.1) is 0 Å². The summed E-state index contributed by atoms with van der Waals surface area (Å²) in [6, 6.07) is 10.9. The zero-order valence-corrected chi connectivity index (χ0v) is 17.3. The van der Waals surface area contributed by atoms with Crippen LogP contribution in [0.3, 0.4) is 0 Å². The van der Waals surface area contributed by atoms with Crippen LogP contribution in [0.15, 0.2) is 48.7 Å². The maximum absolute atomic E-state index is 15.2. The van der Waals surface area contributed by atoms with Crippen molar-refractivity contribution in [1.82, 2.24) is 9.97 Å². The van der Waals surface area contributed by atoms with Crippen molar-refractivity contribution in [2.24, 2.45) is 11.5 Å². The van der Waals surface area contributed by atoms with E-state index in [9.17, 15) is 9.18 Å². The SMILES string of the molecule is NC(=O)c1cc(F)c(N[C@@H]2CCCC[C@@H]2N)nc1Nc1ccnc(-c2ccccc2)c1F. The number of pyridine rings is 2. The summed E-state index contributed by atoms with van der Waals surface area (Å²) in [7, 11) is 0. The van der Waals surface area contributed by atoms with Gasteiger partial charge in [-0.3, -0.25) is 9.78 Å². The number of rotatable bonds is 6. The number of nitrogens with one attached hydrogen (secondary N) is 2. The molecule has 0 spiro atoms. The third-order valence-electron chi connectivity index (χ3n) is 5.57. The predicted octanol–water partition coefficient (Wildman–Crippen LogP) is 3.95. The number of hydrogen-bond acceptors (Lipinski definition) is 6. The molecule has 7 nitrogen and oxygen atoms in total. The van der Waals surface area contributed by atoms with E-state index in [4.69, 9.17) is 11.5 Å². The molecule has 1 amide bonds. The molecule has 166 valence electrons. The minimum atomic E-state index is -0.891. The second kappa shape index (κ2) is 9.27. The number of halogens is 2. The van der Waals surface area contributed by atoms with E-state index in [2.05, 4.69) is 20.6 Å². The fourth-order valence-electron chi connectivity index (χ4n) is 3.85. The Balaban J connectivity index is 1.69. The van der Waals surface area contributed by atoms with Gasteiger partial charge in [-0.25, -0.2) is 13.8 Å². The first-order valence-corrected chi connectivity index (χ1v) is 10.4. The van der Waals surface area contributed by atoms with Crippen molar-refractivity contribution in [3.63, 3.8) is 0 Å². The number of amides is 1. The van der Waals surface area contributed by atoms with E-state index in [0.717, 1.165) is 31.7 Å². The molecule has 0 aliphatic heterocycles. The van der Waals surface area contributed by atoms with Crippen LogP contribution in [0.4, 0.5) is 26.1 Å². The zero-order valence-electron chi connectivity index (χ0n) is 17.3. The molecular weight excluding hydrogens is 414 g/mol. The van der Waals surface area contributed by atoms with Gasteiger partial charge in [0.05, 0.1) is 11.3 Å². The van der Waals surface area contributed by atoms with Crippen molar-refractivity contribution in [3.05, 3.63) is 65.9 Å². The quantitative estimate of drug-likeness (QED) is 0.463. The van der Waals surface area contributed by atoms with E-state index < -0.39 is 17.5 Å². The second-order valence-electron chi connectivity index (χ2n) is 7.79. The Labute approximate surface area is 184 Å². The summed E-state index contributed by atoms with van der Waals surface area (Å²) in [6.45, 7) is 0. The van der Waals surface area contributed by atoms with Crippen molar-refractivity contribution < 1.29 is 13.6 Å². The van der Waals surface area contributed by atoms with Crippen molar-refractivity contribution in [2.75, 3.05) is 10.6 Å². The Morgan fingerprint density at radius 2 is 1.81 bits per heavy atom. The Hall–Kier alpha value is -3.59. The molecule has 3 aromatic rings. The van der Waals surface area contributed by atoms with Gasteiger partial charge in [0.2, 0.25) is 0 Å². The maximum atomic E-state index is 15.2. The van der Waals surface area contributed by atoms with Gasteiger partial charge in [0.1, 0.15) is 11.5 Å². The molecule has 1 aliphatic rings. The lowest BCUT2D eigenvalue weighted by Crippen LogP contribution is -2.43. The fourth-order valence-corrected chi connectivity index (χ4v) is 3.85. The van der Waals surface area contributed by atoms with Gasteiger partial charge in [-0.05, 0) is 25.0 Å². The highest BCUT2D eigenvalue weighted by Gasteiger charge is 2.25. The summed E-state index contributed by atoms with van der Waals surface area (Å²) in [5, 5.41) is 5.82. The molecule has 32 heavy (non-hydrogen) atoms. The van der Waals surface area contributed by atoms with Crippen LogP contribution < -0.4 is 22.1 Å². The van der Waals surface area contributed by atoms with Crippen LogP contribution >= 0.6 is 0 Å². The molecule has 4 rings (SSSR count).